The van der Waals surface area contributed by atoms with Gasteiger partial charge in [-0.05, 0) is 51.4 Å². The van der Waals surface area contributed by atoms with Crippen LogP contribution in [0.5, 0.6) is 0 Å². The van der Waals surface area contributed by atoms with Crippen LogP contribution in [0.3, 0.4) is 0 Å². The summed E-state index contributed by atoms with van der Waals surface area (Å²) < 4.78 is 11.3. The number of ether oxygens (including phenoxy) is 2. The van der Waals surface area contributed by atoms with Gasteiger partial charge in [0.15, 0.2) is 6.29 Å². The van der Waals surface area contributed by atoms with Crippen LogP contribution in [0.25, 0.3) is 0 Å². The lowest BCUT2D eigenvalue weighted by molar-refractivity contribution is -0.302. The van der Waals surface area contributed by atoms with Crippen molar-refractivity contribution in [3.8, 4) is 0 Å². The van der Waals surface area contributed by atoms with Gasteiger partial charge in [0.05, 0.1) is 25.4 Å². The minimum Gasteiger partial charge on any atom is -0.394 e. The summed E-state index contributed by atoms with van der Waals surface area (Å²) in [7, 11) is 0. The van der Waals surface area contributed by atoms with Crippen LogP contribution < -0.4 is 5.32 Å². The van der Waals surface area contributed by atoms with E-state index < -0.39 is 49.5 Å². The molecule has 0 aromatic heterocycles. The number of unbranched alkanes of at least 4 members (excludes halogenated alkanes) is 32. The van der Waals surface area contributed by atoms with Gasteiger partial charge >= 0.3 is 0 Å². The Morgan fingerprint density at radius 2 is 0.800 bits per heavy atom. The van der Waals surface area contributed by atoms with E-state index in [0.29, 0.717) is 12.8 Å². The van der Waals surface area contributed by atoms with Crippen molar-refractivity contribution in [2.75, 3.05) is 13.2 Å². The highest BCUT2D eigenvalue weighted by molar-refractivity contribution is 5.76. The number of aliphatic hydroxyl groups is 5. The number of hydrogen-bond donors (Lipinski definition) is 6. The summed E-state index contributed by atoms with van der Waals surface area (Å²) in [5, 5.41) is 54.7. The summed E-state index contributed by atoms with van der Waals surface area (Å²) in [6.07, 6.45) is 69.8. The Morgan fingerprint density at radius 1 is 0.467 bits per heavy atom. The molecule has 436 valence electrons. The smallest absolute Gasteiger partial charge is 0.220 e. The molecule has 0 saturated carbocycles. The molecule has 9 nitrogen and oxygen atoms in total. The van der Waals surface area contributed by atoms with Gasteiger partial charge in [0, 0.05) is 6.42 Å². The second kappa shape index (κ2) is 55.0. The van der Waals surface area contributed by atoms with E-state index in [1.807, 2.05) is 12.2 Å². The molecule has 1 heterocycles. The molecule has 0 radical (unpaired) electrons. The lowest BCUT2D eigenvalue weighted by atomic mass is 9.99. The Hall–Kier alpha value is -2.37. The van der Waals surface area contributed by atoms with Crippen molar-refractivity contribution < 1.29 is 39.8 Å². The Balaban J connectivity index is 2.15. The molecule has 75 heavy (non-hydrogen) atoms. The van der Waals surface area contributed by atoms with Gasteiger partial charge in [-0.1, -0.05) is 299 Å². The summed E-state index contributed by atoms with van der Waals surface area (Å²) in [5.74, 6) is -0.225. The first-order valence-electron chi connectivity index (χ1n) is 31.6. The van der Waals surface area contributed by atoms with E-state index in [1.54, 1.807) is 0 Å². The van der Waals surface area contributed by atoms with Crippen LogP contribution in [-0.2, 0) is 14.3 Å². The molecule has 7 unspecified atom stereocenters. The quantitative estimate of drug-likeness (QED) is 0.0261. The molecule has 1 saturated heterocycles. The molecule has 1 rings (SSSR count). The van der Waals surface area contributed by atoms with Crippen LogP contribution in [0.15, 0.2) is 72.9 Å². The van der Waals surface area contributed by atoms with Crippen molar-refractivity contribution in [2.45, 2.75) is 326 Å². The number of rotatable bonds is 54. The summed E-state index contributed by atoms with van der Waals surface area (Å²) in [6.45, 7) is 3.70. The third-order valence-electron chi connectivity index (χ3n) is 14.8. The first-order valence-corrected chi connectivity index (χ1v) is 31.6. The predicted molar refractivity (Wildman–Crippen MR) is 318 cm³/mol. The third-order valence-corrected chi connectivity index (χ3v) is 14.8. The largest absolute Gasteiger partial charge is 0.394 e. The summed E-state index contributed by atoms with van der Waals surface area (Å²) in [5.41, 5.74) is 0. The second-order valence-electron chi connectivity index (χ2n) is 21.8. The zero-order chi connectivity index (χ0) is 54.3. The maximum atomic E-state index is 13.0. The molecule has 0 spiro atoms. The normalized spacial score (nSPS) is 19.4. The van der Waals surface area contributed by atoms with Crippen LogP contribution in [0.4, 0.5) is 0 Å². The van der Waals surface area contributed by atoms with Gasteiger partial charge in [-0.3, -0.25) is 4.79 Å². The van der Waals surface area contributed by atoms with Gasteiger partial charge in [0.1, 0.15) is 24.4 Å². The van der Waals surface area contributed by atoms with Crippen molar-refractivity contribution in [2.24, 2.45) is 0 Å². The fraction of sp³-hybridized carbons (Fsp3) is 0.803. The van der Waals surface area contributed by atoms with Gasteiger partial charge in [-0.15, -0.1) is 0 Å². The molecule has 7 atom stereocenters. The van der Waals surface area contributed by atoms with E-state index in [9.17, 15) is 30.3 Å². The van der Waals surface area contributed by atoms with Gasteiger partial charge in [-0.25, -0.2) is 0 Å². The molecule has 9 heteroatoms. The standard InChI is InChI=1S/C66H119NO8/c1-3-5-7-9-11-13-15-17-19-21-23-24-25-26-27-28-29-30-31-32-33-34-35-36-38-39-41-43-45-47-49-51-53-55-60(69)59(58-74-66-65(73)64(72)63(71)61(57-68)75-66)67-62(70)56-54-52-50-48-46-44-42-40-37-22-20-18-16-14-12-10-8-6-4-2/h6,8,12,14,18,20,37,40,44,46,50,52,59-61,63-66,68-69,71-73H,3-5,7,9-11,13,15-17,19,21-36,38-39,41-43,45,47-49,51,53-58H2,1-2H3,(H,67,70)/b8-6-,14-12-,20-18-,40-37-,46-44-,52-50-. The SMILES string of the molecule is CC/C=C\C/C=C\C/C=C\C/C=C\C/C=C\C/C=C\CCC(=O)NC(COC1OC(CO)C(O)C(O)C1O)C(O)CCCCCCCCCCCCCCCCCCCCCCCCCCCCCCCCCCC. The average molecular weight is 1050 g/mol. The maximum absolute atomic E-state index is 13.0. The molecule has 1 amide bonds. The molecule has 1 aliphatic rings. The summed E-state index contributed by atoms with van der Waals surface area (Å²) in [4.78, 5) is 13.0. The molecule has 1 fully saturated rings. The van der Waals surface area contributed by atoms with Gasteiger partial charge in [0.2, 0.25) is 5.91 Å². The minimum absolute atomic E-state index is 0.171. The highest BCUT2D eigenvalue weighted by Crippen LogP contribution is 2.23. The topological polar surface area (TPSA) is 149 Å². The number of hydrogen-bond acceptors (Lipinski definition) is 8. The van der Waals surface area contributed by atoms with Crippen molar-refractivity contribution in [3.63, 3.8) is 0 Å². The number of amides is 1. The fourth-order valence-corrected chi connectivity index (χ4v) is 9.89. The first kappa shape index (κ1) is 70.6. The van der Waals surface area contributed by atoms with Crippen LogP contribution in [-0.4, -0.2) is 87.5 Å². The highest BCUT2D eigenvalue weighted by atomic mass is 16.7. The number of aliphatic hydroxyl groups excluding tert-OH is 5. The third kappa shape index (κ3) is 44.2. The van der Waals surface area contributed by atoms with Crippen molar-refractivity contribution in [1.82, 2.24) is 5.32 Å². The fourth-order valence-electron chi connectivity index (χ4n) is 9.89. The lowest BCUT2D eigenvalue weighted by Crippen LogP contribution is -2.60. The van der Waals surface area contributed by atoms with Crippen LogP contribution in [0, 0.1) is 0 Å². The first-order chi connectivity index (χ1) is 36.8. The molecule has 0 aliphatic carbocycles. The van der Waals surface area contributed by atoms with E-state index in [1.165, 1.54) is 193 Å². The monoisotopic (exact) mass is 1050 g/mol. The van der Waals surface area contributed by atoms with Crippen molar-refractivity contribution in [1.29, 1.82) is 0 Å². The van der Waals surface area contributed by atoms with E-state index in [4.69, 9.17) is 9.47 Å². The van der Waals surface area contributed by atoms with E-state index >= 15 is 0 Å². The van der Waals surface area contributed by atoms with Gasteiger partial charge < -0.3 is 40.3 Å². The van der Waals surface area contributed by atoms with Crippen molar-refractivity contribution in [3.05, 3.63) is 72.9 Å². The molecular formula is C66H119NO8. The zero-order valence-corrected chi connectivity index (χ0v) is 48.5. The van der Waals surface area contributed by atoms with Crippen LogP contribution >= 0.6 is 0 Å². The van der Waals surface area contributed by atoms with Gasteiger partial charge in [0.25, 0.3) is 0 Å². The highest BCUT2D eigenvalue weighted by Gasteiger charge is 2.44. The van der Waals surface area contributed by atoms with Gasteiger partial charge in [-0.2, -0.15) is 0 Å². The maximum Gasteiger partial charge on any atom is 0.220 e. The van der Waals surface area contributed by atoms with Crippen LogP contribution in [0.1, 0.15) is 284 Å². The molecule has 0 aromatic rings. The Labute approximate surface area is 461 Å². The molecular weight excluding hydrogens is 935 g/mol. The minimum atomic E-state index is -1.57. The summed E-state index contributed by atoms with van der Waals surface area (Å²) in [6, 6.07) is -0.765. The second-order valence-corrected chi connectivity index (χ2v) is 21.8. The average Bonchev–Trinajstić information content (AvgIpc) is 3.41. The Bertz CT molecular complexity index is 1410. The predicted octanol–water partition coefficient (Wildman–Crippen LogP) is 16.4. The van der Waals surface area contributed by atoms with Crippen LogP contribution in [0.2, 0.25) is 0 Å². The Kier molecular flexibility index (Phi) is 51.8. The number of allylic oxidation sites excluding steroid dienone is 12. The van der Waals surface area contributed by atoms with E-state index in [2.05, 4.69) is 79.9 Å². The molecule has 1 aliphatic heterocycles. The molecule has 0 aromatic carbocycles. The number of carbonyl (C=O) groups excluding carboxylic acids is 1. The Morgan fingerprint density at radius 3 is 1.15 bits per heavy atom. The number of nitrogens with one attached hydrogen (secondary N) is 1. The number of carbonyl (C=O) groups is 1. The molecule has 0 bridgehead atoms. The zero-order valence-electron chi connectivity index (χ0n) is 48.5. The lowest BCUT2D eigenvalue weighted by Gasteiger charge is -2.40. The molecule has 6 N–H and O–H groups in total. The van der Waals surface area contributed by atoms with Crippen molar-refractivity contribution >= 4 is 5.91 Å². The van der Waals surface area contributed by atoms with E-state index in [0.717, 1.165) is 57.8 Å². The summed E-state index contributed by atoms with van der Waals surface area (Å²) >= 11 is 0. The van der Waals surface area contributed by atoms with E-state index in [-0.39, 0.29) is 18.9 Å².